The van der Waals surface area contributed by atoms with Gasteiger partial charge >= 0.3 is 0 Å². The van der Waals surface area contributed by atoms with Crippen molar-refractivity contribution in [2.24, 2.45) is 16.8 Å². The molecule has 0 saturated heterocycles. The Morgan fingerprint density at radius 3 is 2.11 bits per heavy atom. The van der Waals surface area contributed by atoms with Crippen LogP contribution in [0.15, 0.2) is 29.2 Å². The van der Waals surface area contributed by atoms with Crippen LogP contribution in [0, 0.1) is 5.92 Å². The molecule has 6 heteroatoms. The molecule has 1 aromatic rings. The van der Waals surface area contributed by atoms with Crippen molar-refractivity contribution in [1.82, 2.24) is 0 Å². The summed E-state index contributed by atoms with van der Waals surface area (Å²) >= 11 is 0. The second kappa shape index (κ2) is 6.88. The van der Waals surface area contributed by atoms with Crippen molar-refractivity contribution in [3.63, 3.8) is 0 Å². The van der Waals surface area contributed by atoms with Gasteiger partial charge in [0, 0.05) is 18.3 Å². The Morgan fingerprint density at radius 1 is 1.16 bits per heavy atom. The lowest BCUT2D eigenvalue weighted by Crippen LogP contribution is -2.36. The minimum absolute atomic E-state index is 0.0907. The fourth-order valence-corrected chi connectivity index (χ4v) is 2.57. The molecule has 0 bridgehead atoms. The van der Waals surface area contributed by atoms with Crippen molar-refractivity contribution >= 4 is 15.7 Å². The van der Waals surface area contributed by atoms with Crippen molar-refractivity contribution in [3.05, 3.63) is 24.3 Å². The smallest absolute Gasteiger partial charge is 0.238 e. The molecule has 1 atom stereocenters. The maximum Gasteiger partial charge on any atom is 0.238 e. The second-order valence-electron chi connectivity index (χ2n) is 4.69. The van der Waals surface area contributed by atoms with E-state index in [0.29, 0.717) is 12.5 Å². The molecule has 0 fully saturated rings. The number of sulfonamides is 1. The van der Waals surface area contributed by atoms with E-state index in [1.165, 1.54) is 12.1 Å². The summed E-state index contributed by atoms with van der Waals surface area (Å²) in [5.41, 5.74) is 6.95. The van der Waals surface area contributed by atoms with Gasteiger partial charge in [0.2, 0.25) is 10.0 Å². The molecule has 0 heterocycles. The summed E-state index contributed by atoms with van der Waals surface area (Å²) in [4.78, 5) is 0.113. The molecular formula is C13H23N3O2S. The minimum atomic E-state index is -3.62. The summed E-state index contributed by atoms with van der Waals surface area (Å²) in [7, 11) is -3.62. The third-order valence-corrected chi connectivity index (χ3v) is 4.31. The molecule has 1 aromatic carbocycles. The molecule has 0 radical (unpaired) electrons. The average molecular weight is 285 g/mol. The Labute approximate surface area is 115 Å². The second-order valence-corrected chi connectivity index (χ2v) is 6.25. The molecule has 0 aliphatic rings. The largest absolute Gasteiger partial charge is 0.383 e. The predicted octanol–water partition coefficient (Wildman–Crippen LogP) is 1.51. The van der Waals surface area contributed by atoms with Crippen LogP contribution in [0.4, 0.5) is 5.69 Å². The lowest BCUT2D eigenvalue weighted by atomic mass is 9.95. The van der Waals surface area contributed by atoms with Crippen molar-refractivity contribution in [1.29, 1.82) is 0 Å². The number of hydrogen-bond donors (Lipinski definition) is 3. The SMILES string of the molecule is CCC(CC)C(N)CNc1ccc(S(N)(=O)=O)cc1. The first kappa shape index (κ1) is 15.9. The summed E-state index contributed by atoms with van der Waals surface area (Å²) in [6.45, 7) is 4.94. The number of benzene rings is 1. The van der Waals surface area contributed by atoms with Gasteiger partial charge in [-0.1, -0.05) is 26.7 Å². The van der Waals surface area contributed by atoms with Gasteiger partial charge < -0.3 is 11.1 Å². The number of nitrogens with one attached hydrogen (secondary N) is 1. The summed E-state index contributed by atoms with van der Waals surface area (Å²) in [6, 6.07) is 6.45. The maximum absolute atomic E-state index is 11.1. The number of primary sulfonamides is 1. The molecule has 0 spiro atoms. The lowest BCUT2D eigenvalue weighted by Gasteiger charge is -2.22. The van der Waals surface area contributed by atoms with Gasteiger partial charge in [-0.15, -0.1) is 0 Å². The Morgan fingerprint density at radius 2 is 1.68 bits per heavy atom. The lowest BCUT2D eigenvalue weighted by molar-refractivity contribution is 0.407. The van der Waals surface area contributed by atoms with Crippen LogP contribution < -0.4 is 16.2 Å². The van der Waals surface area contributed by atoms with Crippen molar-refractivity contribution in [2.75, 3.05) is 11.9 Å². The van der Waals surface area contributed by atoms with E-state index >= 15 is 0 Å². The minimum Gasteiger partial charge on any atom is -0.383 e. The highest BCUT2D eigenvalue weighted by molar-refractivity contribution is 7.89. The summed E-state index contributed by atoms with van der Waals surface area (Å²) in [6.07, 6.45) is 2.12. The van der Waals surface area contributed by atoms with Gasteiger partial charge in [0.1, 0.15) is 0 Å². The zero-order valence-corrected chi connectivity index (χ0v) is 12.3. The summed E-state index contributed by atoms with van der Waals surface area (Å²) in [5.74, 6) is 0.496. The number of hydrogen-bond acceptors (Lipinski definition) is 4. The van der Waals surface area contributed by atoms with Crippen LogP contribution in [0.3, 0.4) is 0 Å². The van der Waals surface area contributed by atoms with E-state index in [0.717, 1.165) is 18.5 Å². The van der Waals surface area contributed by atoms with Crippen LogP contribution >= 0.6 is 0 Å². The van der Waals surface area contributed by atoms with Crippen LogP contribution in [0.5, 0.6) is 0 Å². The van der Waals surface area contributed by atoms with E-state index in [9.17, 15) is 8.42 Å². The molecule has 1 rings (SSSR count). The topological polar surface area (TPSA) is 98.2 Å². The number of anilines is 1. The van der Waals surface area contributed by atoms with E-state index in [4.69, 9.17) is 10.9 Å². The zero-order valence-electron chi connectivity index (χ0n) is 11.5. The molecule has 0 aliphatic carbocycles. The fourth-order valence-electron chi connectivity index (χ4n) is 2.06. The third-order valence-electron chi connectivity index (χ3n) is 3.38. The highest BCUT2D eigenvalue weighted by Gasteiger charge is 2.13. The molecular weight excluding hydrogens is 262 g/mol. The van der Waals surface area contributed by atoms with Gasteiger partial charge in [-0.2, -0.15) is 0 Å². The molecule has 0 aliphatic heterocycles. The first-order chi connectivity index (χ1) is 8.88. The van der Waals surface area contributed by atoms with Gasteiger partial charge in [-0.25, -0.2) is 13.6 Å². The maximum atomic E-state index is 11.1. The van der Waals surface area contributed by atoms with Gasteiger partial charge in [-0.05, 0) is 30.2 Å². The summed E-state index contributed by atoms with van der Waals surface area (Å²) in [5, 5.41) is 8.25. The number of nitrogens with two attached hydrogens (primary N) is 2. The van der Waals surface area contributed by atoms with E-state index < -0.39 is 10.0 Å². The Bertz CT molecular complexity index is 481. The van der Waals surface area contributed by atoms with E-state index in [2.05, 4.69) is 19.2 Å². The zero-order chi connectivity index (χ0) is 14.5. The molecule has 108 valence electrons. The van der Waals surface area contributed by atoms with Gasteiger partial charge in [0.05, 0.1) is 4.90 Å². The predicted molar refractivity (Wildman–Crippen MR) is 78.4 cm³/mol. The van der Waals surface area contributed by atoms with Crippen LogP contribution in [-0.4, -0.2) is 21.0 Å². The van der Waals surface area contributed by atoms with Gasteiger partial charge in [-0.3, -0.25) is 0 Å². The van der Waals surface area contributed by atoms with Crippen LogP contribution in [0.25, 0.3) is 0 Å². The van der Waals surface area contributed by atoms with Crippen molar-refractivity contribution in [2.45, 2.75) is 37.6 Å². The summed E-state index contributed by atoms with van der Waals surface area (Å²) < 4.78 is 22.2. The molecule has 5 nitrogen and oxygen atoms in total. The molecule has 0 saturated carbocycles. The Hall–Kier alpha value is -1.11. The van der Waals surface area contributed by atoms with Crippen LogP contribution in [0.1, 0.15) is 26.7 Å². The van der Waals surface area contributed by atoms with Gasteiger partial charge in [0.15, 0.2) is 0 Å². The van der Waals surface area contributed by atoms with E-state index in [1.807, 2.05) is 0 Å². The standard InChI is InChI=1S/C13H23N3O2S/c1-3-10(4-2)13(14)9-16-11-5-7-12(8-6-11)19(15,17)18/h5-8,10,13,16H,3-4,9,14H2,1-2H3,(H2,15,17,18). The Balaban J connectivity index is 2.60. The molecule has 1 unspecified atom stereocenters. The van der Waals surface area contributed by atoms with Crippen molar-refractivity contribution in [3.8, 4) is 0 Å². The van der Waals surface area contributed by atoms with Crippen LogP contribution in [0.2, 0.25) is 0 Å². The fraction of sp³-hybridized carbons (Fsp3) is 0.538. The molecule has 0 amide bonds. The average Bonchev–Trinajstić information content (AvgIpc) is 2.37. The monoisotopic (exact) mass is 285 g/mol. The van der Waals surface area contributed by atoms with Gasteiger partial charge in [0.25, 0.3) is 0 Å². The van der Waals surface area contributed by atoms with E-state index in [1.54, 1.807) is 12.1 Å². The highest BCUT2D eigenvalue weighted by atomic mass is 32.2. The normalized spacial score (nSPS) is 13.5. The van der Waals surface area contributed by atoms with Crippen molar-refractivity contribution < 1.29 is 8.42 Å². The highest BCUT2D eigenvalue weighted by Crippen LogP contribution is 2.15. The van der Waals surface area contributed by atoms with E-state index in [-0.39, 0.29) is 10.9 Å². The quantitative estimate of drug-likeness (QED) is 0.707. The first-order valence-electron chi connectivity index (χ1n) is 6.50. The molecule has 0 aromatic heterocycles. The molecule has 19 heavy (non-hydrogen) atoms. The molecule has 5 N–H and O–H groups in total. The Kier molecular flexibility index (Phi) is 5.78. The first-order valence-corrected chi connectivity index (χ1v) is 8.05. The third kappa shape index (κ3) is 4.81. The number of rotatable bonds is 7. The van der Waals surface area contributed by atoms with Crippen LogP contribution in [-0.2, 0) is 10.0 Å².